The normalized spacial score (nSPS) is 21.4. The molecule has 2 heteroatoms. The maximum atomic E-state index is 12.1. The van der Waals surface area contributed by atoms with Crippen molar-refractivity contribution in [2.75, 3.05) is 13.1 Å². The van der Waals surface area contributed by atoms with Gasteiger partial charge in [0.15, 0.2) is 0 Å². The van der Waals surface area contributed by atoms with E-state index in [1.807, 2.05) is 4.90 Å². The van der Waals surface area contributed by atoms with Gasteiger partial charge in [0.05, 0.1) is 6.42 Å². The molecule has 0 aromatic heterocycles. The molecule has 2 nitrogen and oxygen atoms in total. The first-order valence-corrected chi connectivity index (χ1v) is 6.32. The second-order valence-electron chi connectivity index (χ2n) is 5.23. The highest BCUT2D eigenvalue weighted by Gasteiger charge is 2.22. The van der Waals surface area contributed by atoms with Crippen LogP contribution in [0.25, 0.3) is 0 Å². The van der Waals surface area contributed by atoms with Crippen LogP contribution in [0.5, 0.6) is 0 Å². The van der Waals surface area contributed by atoms with Crippen LogP contribution in [-0.4, -0.2) is 23.9 Å². The SMILES string of the molecule is CC(C)CN1CCC2=C(C=CCC2)CC1=O. The first-order chi connectivity index (χ1) is 7.66. The third-order valence-electron chi connectivity index (χ3n) is 3.35. The molecule has 88 valence electrons. The van der Waals surface area contributed by atoms with Gasteiger partial charge >= 0.3 is 0 Å². The molecule has 1 amide bonds. The fraction of sp³-hybridized carbons (Fsp3) is 0.643. The number of rotatable bonds is 2. The monoisotopic (exact) mass is 219 g/mol. The Balaban J connectivity index is 2.07. The van der Waals surface area contributed by atoms with E-state index in [0.717, 1.165) is 32.4 Å². The minimum atomic E-state index is 0.310. The number of hydrogen-bond donors (Lipinski definition) is 0. The summed E-state index contributed by atoms with van der Waals surface area (Å²) in [5.41, 5.74) is 2.81. The van der Waals surface area contributed by atoms with Crippen LogP contribution >= 0.6 is 0 Å². The van der Waals surface area contributed by atoms with Gasteiger partial charge in [0.1, 0.15) is 0 Å². The summed E-state index contributed by atoms with van der Waals surface area (Å²) in [6.07, 6.45) is 8.38. The van der Waals surface area contributed by atoms with Crippen LogP contribution in [0.4, 0.5) is 0 Å². The molecule has 0 bridgehead atoms. The molecule has 2 aliphatic rings. The van der Waals surface area contributed by atoms with Crippen LogP contribution in [0.15, 0.2) is 23.3 Å². The topological polar surface area (TPSA) is 20.3 Å². The summed E-state index contributed by atoms with van der Waals surface area (Å²) in [7, 11) is 0. The van der Waals surface area contributed by atoms with Gasteiger partial charge in [0.2, 0.25) is 5.91 Å². The summed E-state index contributed by atoms with van der Waals surface area (Å²) in [5.74, 6) is 0.875. The molecule has 1 heterocycles. The van der Waals surface area contributed by atoms with E-state index in [1.54, 1.807) is 0 Å². The number of carbonyl (C=O) groups excluding carboxylic acids is 1. The van der Waals surface area contributed by atoms with Crippen molar-refractivity contribution in [3.05, 3.63) is 23.3 Å². The molecule has 0 radical (unpaired) electrons. The molecule has 1 aliphatic heterocycles. The lowest BCUT2D eigenvalue weighted by atomic mass is 9.94. The Bertz CT molecular complexity index is 339. The fourth-order valence-electron chi connectivity index (χ4n) is 2.53. The molecule has 0 saturated carbocycles. The molecule has 0 fully saturated rings. The number of carbonyl (C=O) groups is 1. The predicted molar refractivity (Wildman–Crippen MR) is 66.1 cm³/mol. The number of allylic oxidation sites excluding steroid dienone is 2. The Labute approximate surface area is 98.0 Å². The third-order valence-corrected chi connectivity index (χ3v) is 3.35. The van der Waals surface area contributed by atoms with Crippen LogP contribution in [0.3, 0.4) is 0 Å². The zero-order chi connectivity index (χ0) is 11.5. The molecule has 0 atom stereocenters. The van der Waals surface area contributed by atoms with Crippen LogP contribution in [0.2, 0.25) is 0 Å². The highest BCUT2D eigenvalue weighted by molar-refractivity contribution is 5.80. The van der Waals surface area contributed by atoms with Crippen molar-refractivity contribution in [3.63, 3.8) is 0 Å². The fourth-order valence-corrected chi connectivity index (χ4v) is 2.53. The Kier molecular flexibility index (Phi) is 3.47. The minimum Gasteiger partial charge on any atom is -0.342 e. The van der Waals surface area contributed by atoms with Crippen LogP contribution in [0.1, 0.15) is 39.5 Å². The molecule has 0 N–H and O–H groups in total. The van der Waals surface area contributed by atoms with E-state index in [-0.39, 0.29) is 0 Å². The lowest BCUT2D eigenvalue weighted by Crippen LogP contribution is -2.33. The van der Waals surface area contributed by atoms with Crippen molar-refractivity contribution >= 4 is 5.91 Å². The molecule has 0 unspecified atom stereocenters. The average molecular weight is 219 g/mol. The van der Waals surface area contributed by atoms with Crippen LogP contribution in [0, 0.1) is 5.92 Å². The van der Waals surface area contributed by atoms with Gasteiger partial charge in [0, 0.05) is 13.1 Å². The summed E-state index contributed by atoms with van der Waals surface area (Å²) >= 11 is 0. The van der Waals surface area contributed by atoms with E-state index in [2.05, 4.69) is 26.0 Å². The standard InChI is InChI=1S/C14H21NO/c1-11(2)10-15-8-7-12-5-3-4-6-13(12)9-14(15)16/h4,6,11H,3,5,7-10H2,1-2H3. The summed E-state index contributed by atoms with van der Waals surface area (Å²) in [4.78, 5) is 14.1. The molecular weight excluding hydrogens is 198 g/mol. The maximum Gasteiger partial charge on any atom is 0.227 e. The van der Waals surface area contributed by atoms with Gasteiger partial charge in [-0.15, -0.1) is 0 Å². The van der Waals surface area contributed by atoms with Crippen molar-refractivity contribution in [3.8, 4) is 0 Å². The summed E-state index contributed by atoms with van der Waals surface area (Å²) in [5, 5.41) is 0. The van der Waals surface area contributed by atoms with Crippen LogP contribution < -0.4 is 0 Å². The number of amides is 1. The predicted octanol–water partition coefficient (Wildman–Crippen LogP) is 2.91. The van der Waals surface area contributed by atoms with Crippen molar-refractivity contribution in [1.82, 2.24) is 4.90 Å². The maximum absolute atomic E-state index is 12.1. The van der Waals surface area contributed by atoms with Gasteiger partial charge in [-0.1, -0.05) is 31.6 Å². The van der Waals surface area contributed by atoms with Crippen LogP contribution in [-0.2, 0) is 4.79 Å². The molecule has 0 aromatic carbocycles. The minimum absolute atomic E-state index is 0.310. The van der Waals surface area contributed by atoms with E-state index in [0.29, 0.717) is 18.2 Å². The number of nitrogens with zero attached hydrogens (tertiary/aromatic N) is 1. The molecular formula is C14H21NO. The van der Waals surface area contributed by atoms with Crippen molar-refractivity contribution in [2.45, 2.75) is 39.5 Å². The lowest BCUT2D eigenvalue weighted by Gasteiger charge is -2.22. The van der Waals surface area contributed by atoms with Gasteiger partial charge in [0.25, 0.3) is 0 Å². The third kappa shape index (κ3) is 2.55. The van der Waals surface area contributed by atoms with Gasteiger partial charge in [-0.3, -0.25) is 4.79 Å². The largest absolute Gasteiger partial charge is 0.342 e. The van der Waals surface area contributed by atoms with Crippen molar-refractivity contribution < 1.29 is 4.79 Å². The molecule has 1 aliphatic carbocycles. The molecule has 16 heavy (non-hydrogen) atoms. The van der Waals surface area contributed by atoms with E-state index in [4.69, 9.17) is 0 Å². The second kappa shape index (κ2) is 4.86. The van der Waals surface area contributed by atoms with Crippen molar-refractivity contribution in [1.29, 1.82) is 0 Å². The zero-order valence-electron chi connectivity index (χ0n) is 10.3. The Morgan fingerprint density at radius 2 is 2.19 bits per heavy atom. The Morgan fingerprint density at radius 1 is 1.38 bits per heavy atom. The van der Waals surface area contributed by atoms with Gasteiger partial charge in [-0.25, -0.2) is 0 Å². The first kappa shape index (κ1) is 11.4. The smallest absolute Gasteiger partial charge is 0.227 e. The van der Waals surface area contributed by atoms with E-state index >= 15 is 0 Å². The average Bonchev–Trinajstić information content (AvgIpc) is 2.39. The molecule has 0 saturated heterocycles. The molecule has 0 aromatic rings. The molecule has 2 rings (SSSR count). The quantitative estimate of drug-likeness (QED) is 0.699. The Morgan fingerprint density at radius 3 is 2.94 bits per heavy atom. The van der Waals surface area contributed by atoms with E-state index < -0.39 is 0 Å². The van der Waals surface area contributed by atoms with E-state index in [1.165, 1.54) is 11.1 Å². The lowest BCUT2D eigenvalue weighted by molar-refractivity contribution is -0.130. The highest BCUT2D eigenvalue weighted by Crippen LogP contribution is 2.27. The van der Waals surface area contributed by atoms with Crippen molar-refractivity contribution in [2.24, 2.45) is 5.92 Å². The second-order valence-corrected chi connectivity index (χ2v) is 5.23. The van der Waals surface area contributed by atoms with Gasteiger partial charge in [-0.05, 0) is 30.8 Å². The number of hydrogen-bond acceptors (Lipinski definition) is 1. The van der Waals surface area contributed by atoms with Gasteiger partial charge in [-0.2, -0.15) is 0 Å². The first-order valence-electron chi connectivity index (χ1n) is 6.32. The summed E-state index contributed by atoms with van der Waals surface area (Å²) in [6.45, 7) is 6.17. The zero-order valence-corrected chi connectivity index (χ0v) is 10.3. The molecule has 0 spiro atoms. The summed E-state index contributed by atoms with van der Waals surface area (Å²) in [6, 6.07) is 0. The highest BCUT2D eigenvalue weighted by atomic mass is 16.2. The Hall–Kier alpha value is -1.05. The summed E-state index contributed by atoms with van der Waals surface area (Å²) < 4.78 is 0. The van der Waals surface area contributed by atoms with E-state index in [9.17, 15) is 4.79 Å². The van der Waals surface area contributed by atoms with Gasteiger partial charge < -0.3 is 4.90 Å².